The number of carbonyl (C=O) groups is 1. The van der Waals surface area contributed by atoms with Crippen LogP contribution in [0.1, 0.15) is 23.6 Å². The van der Waals surface area contributed by atoms with E-state index in [-0.39, 0.29) is 11.2 Å². The van der Waals surface area contributed by atoms with E-state index in [0.29, 0.717) is 6.54 Å². The predicted octanol–water partition coefficient (Wildman–Crippen LogP) is 3.62. The molecule has 1 aliphatic rings. The van der Waals surface area contributed by atoms with Crippen LogP contribution in [0.15, 0.2) is 53.4 Å². The van der Waals surface area contributed by atoms with Gasteiger partial charge in [0.2, 0.25) is 5.91 Å². The number of hydrogen-bond donors (Lipinski definition) is 1. The zero-order chi connectivity index (χ0) is 19.1. The molecular weight excluding hydrogens is 356 g/mol. The molecule has 0 saturated carbocycles. The molecule has 27 heavy (non-hydrogen) atoms. The van der Waals surface area contributed by atoms with Gasteiger partial charge in [-0.3, -0.25) is 9.69 Å². The number of hydrogen-bond acceptors (Lipinski definition) is 4. The Labute approximate surface area is 166 Å². The highest BCUT2D eigenvalue weighted by molar-refractivity contribution is 8.00. The molecule has 0 radical (unpaired) electrons. The number of aryl methyl sites for hydroxylation is 1. The molecule has 1 atom stereocenters. The zero-order valence-electron chi connectivity index (χ0n) is 16.1. The summed E-state index contributed by atoms with van der Waals surface area (Å²) in [5, 5.41) is 2.98. The van der Waals surface area contributed by atoms with Gasteiger partial charge in [0.05, 0.1) is 18.5 Å². The second-order valence-corrected chi connectivity index (χ2v) is 8.36. The van der Waals surface area contributed by atoms with Crippen LogP contribution in [0.4, 0.5) is 0 Å². The van der Waals surface area contributed by atoms with Gasteiger partial charge in [0.15, 0.2) is 0 Å². The van der Waals surface area contributed by atoms with Crippen molar-refractivity contribution in [3.05, 3.63) is 65.2 Å². The van der Waals surface area contributed by atoms with Crippen molar-refractivity contribution < 1.29 is 9.53 Å². The largest absolute Gasteiger partial charge is 0.379 e. The first-order chi connectivity index (χ1) is 13.1. The number of nitrogens with zero attached hydrogens (tertiary/aromatic N) is 1. The highest BCUT2D eigenvalue weighted by Gasteiger charge is 2.16. The lowest BCUT2D eigenvalue weighted by molar-refractivity contribution is -0.120. The van der Waals surface area contributed by atoms with Gasteiger partial charge in [-0.1, -0.05) is 42.0 Å². The second kappa shape index (κ2) is 9.93. The van der Waals surface area contributed by atoms with Crippen LogP contribution in [0.5, 0.6) is 0 Å². The summed E-state index contributed by atoms with van der Waals surface area (Å²) in [6.45, 7) is 9.02. The zero-order valence-corrected chi connectivity index (χ0v) is 16.9. The van der Waals surface area contributed by atoms with Crippen LogP contribution in [0.2, 0.25) is 0 Å². The third-order valence-corrected chi connectivity index (χ3v) is 5.88. The highest BCUT2D eigenvalue weighted by atomic mass is 32.2. The summed E-state index contributed by atoms with van der Waals surface area (Å²) in [7, 11) is 0. The number of rotatable bonds is 7. The minimum absolute atomic E-state index is 0.0711. The Balaban J connectivity index is 1.54. The van der Waals surface area contributed by atoms with Crippen molar-refractivity contribution in [1.29, 1.82) is 0 Å². The number of morpholine rings is 1. The third kappa shape index (κ3) is 6.09. The number of carbonyl (C=O) groups excluding carboxylic acids is 1. The van der Waals surface area contributed by atoms with Crippen molar-refractivity contribution in [2.75, 3.05) is 26.3 Å². The van der Waals surface area contributed by atoms with E-state index in [1.807, 2.05) is 13.0 Å². The summed E-state index contributed by atoms with van der Waals surface area (Å²) in [4.78, 5) is 16.1. The molecule has 2 aromatic carbocycles. The summed E-state index contributed by atoms with van der Waals surface area (Å²) in [6, 6.07) is 16.7. The van der Waals surface area contributed by atoms with E-state index in [4.69, 9.17) is 4.74 Å². The van der Waals surface area contributed by atoms with E-state index >= 15 is 0 Å². The van der Waals surface area contributed by atoms with Gasteiger partial charge < -0.3 is 10.1 Å². The van der Waals surface area contributed by atoms with Gasteiger partial charge in [-0.25, -0.2) is 0 Å². The van der Waals surface area contributed by atoms with E-state index in [1.54, 1.807) is 11.8 Å². The fourth-order valence-electron chi connectivity index (χ4n) is 3.08. The Morgan fingerprint density at radius 2 is 1.78 bits per heavy atom. The maximum absolute atomic E-state index is 12.5. The Hall–Kier alpha value is -1.82. The smallest absolute Gasteiger partial charge is 0.233 e. The average molecular weight is 385 g/mol. The number of amides is 1. The number of thioether (sulfide) groups is 1. The van der Waals surface area contributed by atoms with Gasteiger partial charge in [0.25, 0.3) is 0 Å². The van der Waals surface area contributed by atoms with Crippen LogP contribution in [-0.2, 0) is 22.6 Å². The van der Waals surface area contributed by atoms with Gasteiger partial charge in [-0.2, -0.15) is 0 Å². The maximum Gasteiger partial charge on any atom is 0.233 e. The van der Waals surface area contributed by atoms with Crippen LogP contribution >= 0.6 is 11.8 Å². The molecule has 0 aliphatic carbocycles. The van der Waals surface area contributed by atoms with Crippen molar-refractivity contribution >= 4 is 17.7 Å². The van der Waals surface area contributed by atoms with E-state index in [9.17, 15) is 4.79 Å². The molecule has 3 rings (SSSR count). The minimum Gasteiger partial charge on any atom is -0.379 e. The van der Waals surface area contributed by atoms with E-state index in [1.165, 1.54) is 16.7 Å². The standard InChI is InChI=1S/C22H28N2O2S/c1-17-7-9-21(10-8-17)27-18(2)22(25)23-15-19-5-3-4-6-20(19)16-24-11-13-26-14-12-24/h3-10,18H,11-16H2,1-2H3,(H,23,25). The Morgan fingerprint density at radius 3 is 2.48 bits per heavy atom. The third-order valence-electron chi connectivity index (χ3n) is 4.77. The van der Waals surface area contributed by atoms with Gasteiger partial charge in [-0.15, -0.1) is 11.8 Å². The number of nitrogens with one attached hydrogen (secondary N) is 1. The summed E-state index contributed by atoms with van der Waals surface area (Å²) in [6.07, 6.45) is 0. The first kappa shape index (κ1) is 19.9. The molecule has 1 saturated heterocycles. The maximum atomic E-state index is 12.5. The van der Waals surface area contributed by atoms with Gasteiger partial charge in [-0.05, 0) is 37.1 Å². The van der Waals surface area contributed by atoms with Crippen molar-refractivity contribution in [2.45, 2.75) is 37.1 Å². The number of ether oxygens (including phenoxy) is 1. The minimum atomic E-state index is -0.126. The van der Waals surface area contributed by atoms with Crippen molar-refractivity contribution in [3.63, 3.8) is 0 Å². The van der Waals surface area contributed by atoms with E-state index in [0.717, 1.165) is 37.7 Å². The first-order valence-electron chi connectivity index (χ1n) is 9.50. The average Bonchev–Trinajstić information content (AvgIpc) is 2.69. The van der Waals surface area contributed by atoms with Gasteiger partial charge >= 0.3 is 0 Å². The summed E-state index contributed by atoms with van der Waals surface area (Å²) >= 11 is 1.59. The van der Waals surface area contributed by atoms with E-state index in [2.05, 4.69) is 59.6 Å². The molecule has 4 nitrogen and oxygen atoms in total. The first-order valence-corrected chi connectivity index (χ1v) is 10.4. The molecule has 2 aromatic rings. The Bertz CT molecular complexity index is 742. The molecule has 0 spiro atoms. The van der Waals surface area contributed by atoms with Crippen LogP contribution in [-0.4, -0.2) is 42.4 Å². The fraction of sp³-hybridized carbons (Fsp3) is 0.409. The lowest BCUT2D eigenvalue weighted by Gasteiger charge is -2.27. The van der Waals surface area contributed by atoms with Crippen molar-refractivity contribution in [1.82, 2.24) is 10.2 Å². The lowest BCUT2D eigenvalue weighted by Crippen LogP contribution is -2.36. The molecule has 1 aliphatic heterocycles. The summed E-state index contributed by atoms with van der Waals surface area (Å²) in [5.74, 6) is 0.0711. The van der Waals surface area contributed by atoms with Gasteiger partial charge in [0.1, 0.15) is 0 Å². The molecule has 1 N–H and O–H groups in total. The molecule has 144 valence electrons. The SMILES string of the molecule is Cc1ccc(SC(C)C(=O)NCc2ccccc2CN2CCOCC2)cc1. The quantitative estimate of drug-likeness (QED) is 0.741. The second-order valence-electron chi connectivity index (χ2n) is 6.95. The van der Waals surface area contributed by atoms with Gasteiger partial charge in [0, 0.05) is 31.1 Å². The van der Waals surface area contributed by atoms with E-state index < -0.39 is 0 Å². The molecule has 5 heteroatoms. The molecule has 1 heterocycles. The van der Waals surface area contributed by atoms with Crippen LogP contribution in [0, 0.1) is 6.92 Å². The molecule has 0 aromatic heterocycles. The van der Waals surface area contributed by atoms with Crippen molar-refractivity contribution in [3.8, 4) is 0 Å². The molecule has 1 fully saturated rings. The normalized spacial score (nSPS) is 16.1. The van der Waals surface area contributed by atoms with Crippen LogP contribution in [0.3, 0.4) is 0 Å². The summed E-state index contributed by atoms with van der Waals surface area (Å²) in [5.41, 5.74) is 3.69. The van der Waals surface area contributed by atoms with Crippen molar-refractivity contribution in [2.24, 2.45) is 0 Å². The lowest BCUT2D eigenvalue weighted by atomic mass is 10.1. The highest BCUT2D eigenvalue weighted by Crippen LogP contribution is 2.23. The topological polar surface area (TPSA) is 41.6 Å². The summed E-state index contributed by atoms with van der Waals surface area (Å²) < 4.78 is 5.43. The molecule has 1 amide bonds. The Kier molecular flexibility index (Phi) is 7.33. The molecular formula is C22H28N2O2S. The predicted molar refractivity (Wildman–Crippen MR) is 111 cm³/mol. The fourth-order valence-corrected chi connectivity index (χ4v) is 3.98. The Morgan fingerprint density at radius 1 is 1.11 bits per heavy atom. The molecule has 1 unspecified atom stereocenters. The monoisotopic (exact) mass is 384 g/mol. The van der Waals surface area contributed by atoms with Crippen LogP contribution < -0.4 is 5.32 Å². The van der Waals surface area contributed by atoms with Crippen LogP contribution in [0.25, 0.3) is 0 Å². The number of benzene rings is 2. The molecule has 0 bridgehead atoms.